The third-order valence-corrected chi connectivity index (χ3v) is 10.0. The zero-order valence-electron chi connectivity index (χ0n) is 26.7. The summed E-state index contributed by atoms with van der Waals surface area (Å²) in [6, 6.07) is 5.64. The van der Waals surface area contributed by atoms with Gasteiger partial charge in [-0.25, -0.2) is 13.2 Å². The van der Waals surface area contributed by atoms with Crippen LogP contribution in [0.3, 0.4) is 0 Å². The lowest BCUT2D eigenvalue weighted by molar-refractivity contribution is -0.119. The SMILES string of the molecule is CCc1c(F)ccc2cc(O)cc(-c3ncc4c(N5CCCC[C@@H](NC(C)=O)C5)nc(OCC56CCCN5C[C@H](F)C6)nc4c3F)c12. The standard InChI is InChI=1S/C35H39F3N6O3/c1-3-25-28(37)9-8-21-13-24(46)14-26(29(21)25)31-30(38)32-27(16-39-31)33(43-11-5-4-7-23(18-43)40-20(2)45)42-34(41-32)47-19-35-10-6-12-44(35)17-22(36)15-35/h8-9,13-14,16,22-23,46H,3-7,10-12,15,17-19H2,1-2H3,(H,40,45)/t22-,23-,35?/m1/s1. The maximum Gasteiger partial charge on any atom is 0.319 e. The van der Waals surface area contributed by atoms with Gasteiger partial charge in [0, 0.05) is 50.8 Å². The minimum Gasteiger partial charge on any atom is -0.508 e. The largest absolute Gasteiger partial charge is 0.508 e. The molecule has 4 aromatic rings. The van der Waals surface area contributed by atoms with Crippen LogP contribution in [0, 0.1) is 11.6 Å². The Morgan fingerprint density at radius 1 is 1.15 bits per heavy atom. The van der Waals surface area contributed by atoms with E-state index in [4.69, 9.17) is 9.72 Å². The number of pyridine rings is 1. The number of alkyl halides is 1. The molecule has 47 heavy (non-hydrogen) atoms. The summed E-state index contributed by atoms with van der Waals surface area (Å²) in [4.78, 5) is 30.0. The van der Waals surface area contributed by atoms with Crippen molar-refractivity contribution in [1.82, 2.24) is 25.2 Å². The molecule has 2 N–H and O–H groups in total. The number of aromatic hydroxyl groups is 1. The van der Waals surface area contributed by atoms with Gasteiger partial charge in [-0.3, -0.25) is 14.7 Å². The summed E-state index contributed by atoms with van der Waals surface area (Å²) in [6.45, 7) is 5.70. The average Bonchev–Trinajstić information content (AvgIpc) is 3.46. The number of carbonyl (C=O) groups excluding carboxylic acids is 1. The number of rotatable bonds is 7. The highest BCUT2D eigenvalue weighted by atomic mass is 19.1. The molecule has 0 aliphatic carbocycles. The monoisotopic (exact) mass is 648 g/mol. The summed E-state index contributed by atoms with van der Waals surface area (Å²) in [5.74, 6) is -0.989. The molecule has 1 amide bonds. The van der Waals surface area contributed by atoms with Crippen LogP contribution in [0.2, 0.25) is 0 Å². The molecule has 5 heterocycles. The Bertz CT molecular complexity index is 1860. The van der Waals surface area contributed by atoms with Crippen LogP contribution in [0.5, 0.6) is 11.8 Å². The molecule has 0 bridgehead atoms. The van der Waals surface area contributed by atoms with Gasteiger partial charge >= 0.3 is 6.01 Å². The lowest BCUT2D eigenvalue weighted by atomic mass is 9.94. The molecule has 9 nitrogen and oxygen atoms in total. The number of carbonyl (C=O) groups is 1. The van der Waals surface area contributed by atoms with E-state index < -0.39 is 23.3 Å². The van der Waals surface area contributed by atoms with Crippen LogP contribution in [-0.4, -0.2) is 81.4 Å². The van der Waals surface area contributed by atoms with Crippen LogP contribution in [-0.2, 0) is 11.2 Å². The van der Waals surface area contributed by atoms with Gasteiger partial charge < -0.3 is 20.1 Å². The molecule has 3 atom stereocenters. The summed E-state index contributed by atoms with van der Waals surface area (Å²) >= 11 is 0. The van der Waals surface area contributed by atoms with Gasteiger partial charge in [0.05, 0.1) is 10.9 Å². The van der Waals surface area contributed by atoms with Crippen molar-refractivity contribution in [2.45, 2.75) is 76.5 Å². The van der Waals surface area contributed by atoms with Gasteiger partial charge in [0.25, 0.3) is 0 Å². The van der Waals surface area contributed by atoms with Crippen LogP contribution in [0.1, 0.15) is 57.9 Å². The number of nitrogens with one attached hydrogen (secondary N) is 1. The van der Waals surface area contributed by atoms with E-state index in [-0.39, 0.29) is 47.1 Å². The van der Waals surface area contributed by atoms with E-state index in [0.29, 0.717) is 60.0 Å². The Morgan fingerprint density at radius 2 is 2.00 bits per heavy atom. The molecule has 12 heteroatoms. The number of hydrogen-bond donors (Lipinski definition) is 2. The van der Waals surface area contributed by atoms with Crippen molar-refractivity contribution in [3.8, 4) is 23.0 Å². The number of phenols is 1. The number of hydrogen-bond acceptors (Lipinski definition) is 8. The van der Waals surface area contributed by atoms with Crippen molar-refractivity contribution in [3.63, 3.8) is 0 Å². The van der Waals surface area contributed by atoms with E-state index in [1.54, 1.807) is 6.07 Å². The molecule has 3 aliphatic rings. The third-order valence-electron chi connectivity index (χ3n) is 10.0. The van der Waals surface area contributed by atoms with Crippen LogP contribution in [0.4, 0.5) is 19.0 Å². The van der Waals surface area contributed by atoms with Gasteiger partial charge in [0.2, 0.25) is 5.91 Å². The van der Waals surface area contributed by atoms with Crippen LogP contribution < -0.4 is 15.0 Å². The molecule has 248 valence electrons. The first-order chi connectivity index (χ1) is 22.7. The summed E-state index contributed by atoms with van der Waals surface area (Å²) in [5, 5.41) is 15.0. The second-order valence-electron chi connectivity index (χ2n) is 13.2. The van der Waals surface area contributed by atoms with Gasteiger partial charge in [-0.05, 0) is 79.6 Å². The van der Waals surface area contributed by atoms with Crippen molar-refractivity contribution >= 4 is 33.4 Å². The summed E-state index contributed by atoms with van der Waals surface area (Å²) < 4.78 is 52.6. The van der Waals surface area contributed by atoms with E-state index in [0.717, 1.165) is 38.6 Å². The van der Waals surface area contributed by atoms with Gasteiger partial charge in [0.1, 0.15) is 41.4 Å². The Labute approximate surface area is 271 Å². The van der Waals surface area contributed by atoms with Crippen molar-refractivity contribution < 1.29 is 27.8 Å². The van der Waals surface area contributed by atoms with E-state index in [2.05, 4.69) is 20.2 Å². The Hall–Kier alpha value is -4.19. The Balaban J connectivity index is 1.37. The maximum absolute atomic E-state index is 16.9. The number of aryl methyl sites for hydroxylation is 1. The fourth-order valence-corrected chi connectivity index (χ4v) is 7.93. The van der Waals surface area contributed by atoms with Crippen LogP contribution >= 0.6 is 0 Å². The molecule has 7 rings (SSSR count). The molecule has 0 radical (unpaired) electrons. The first-order valence-corrected chi connectivity index (χ1v) is 16.5. The van der Waals surface area contributed by atoms with E-state index >= 15 is 4.39 Å². The zero-order valence-corrected chi connectivity index (χ0v) is 26.7. The minimum atomic E-state index is -0.934. The average molecular weight is 649 g/mol. The van der Waals surface area contributed by atoms with Crippen LogP contribution in [0.15, 0.2) is 30.5 Å². The molecule has 0 spiro atoms. The predicted octanol–water partition coefficient (Wildman–Crippen LogP) is 5.84. The van der Waals surface area contributed by atoms with Gasteiger partial charge in [-0.1, -0.05) is 13.0 Å². The van der Waals surface area contributed by atoms with Gasteiger partial charge in [0.15, 0.2) is 5.82 Å². The lowest BCUT2D eigenvalue weighted by Crippen LogP contribution is -2.43. The van der Waals surface area contributed by atoms with Crippen molar-refractivity contribution in [2.24, 2.45) is 0 Å². The molecule has 2 aromatic heterocycles. The number of fused-ring (bicyclic) bond motifs is 3. The van der Waals surface area contributed by atoms with Crippen LogP contribution in [0.25, 0.3) is 32.9 Å². The number of aromatic nitrogens is 3. The van der Waals surface area contributed by atoms with E-state index in [1.165, 1.54) is 31.3 Å². The number of phenolic OH excluding ortho intramolecular Hbond substituents is 1. The van der Waals surface area contributed by atoms with Crippen molar-refractivity contribution in [1.29, 1.82) is 0 Å². The second-order valence-corrected chi connectivity index (χ2v) is 13.2. The van der Waals surface area contributed by atoms with E-state index in [9.17, 15) is 18.7 Å². The van der Waals surface area contributed by atoms with Crippen molar-refractivity contribution in [2.75, 3.05) is 37.7 Å². The molecule has 2 aromatic carbocycles. The highest BCUT2D eigenvalue weighted by Crippen LogP contribution is 2.42. The number of halogens is 3. The molecule has 3 saturated heterocycles. The highest BCUT2D eigenvalue weighted by molar-refractivity contribution is 6.01. The number of benzene rings is 2. The molecule has 1 unspecified atom stereocenters. The molecular formula is C35H39F3N6O3. The Morgan fingerprint density at radius 3 is 2.81 bits per heavy atom. The molecule has 0 saturated carbocycles. The Kier molecular flexibility index (Phi) is 8.32. The first-order valence-electron chi connectivity index (χ1n) is 16.5. The maximum atomic E-state index is 16.9. The fraction of sp³-hybridized carbons (Fsp3) is 0.486. The van der Waals surface area contributed by atoms with Gasteiger partial charge in [-0.2, -0.15) is 9.97 Å². The van der Waals surface area contributed by atoms with Gasteiger partial charge in [-0.15, -0.1) is 0 Å². The molecular weight excluding hydrogens is 609 g/mol. The molecule has 3 fully saturated rings. The zero-order chi connectivity index (χ0) is 32.9. The smallest absolute Gasteiger partial charge is 0.319 e. The summed E-state index contributed by atoms with van der Waals surface area (Å²) in [5.41, 5.74) is 0.0667. The predicted molar refractivity (Wildman–Crippen MR) is 173 cm³/mol. The first kappa shape index (κ1) is 31.4. The number of anilines is 1. The second kappa shape index (κ2) is 12.4. The van der Waals surface area contributed by atoms with E-state index in [1.807, 2.05) is 11.8 Å². The quantitative estimate of drug-likeness (QED) is 0.258. The summed E-state index contributed by atoms with van der Waals surface area (Å²) in [7, 11) is 0. The minimum absolute atomic E-state index is 0.0307. The topological polar surface area (TPSA) is 104 Å². The van der Waals surface area contributed by atoms with Crippen molar-refractivity contribution in [3.05, 3.63) is 47.7 Å². The number of amides is 1. The number of nitrogens with zero attached hydrogens (tertiary/aromatic N) is 5. The molecule has 3 aliphatic heterocycles. The summed E-state index contributed by atoms with van der Waals surface area (Å²) in [6.07, 6.45) is 5.55. The fourth-order valence-electron chi connectivity index (χ4n) is 7.93. The normalized spacial score (nSPS) is 23.3. The highest BCUT2D eigenvalue weighted by Gasteiger charge is 2.49. The number of ether oxygens (including phenoxy) is 1. The lowest BCUT2D eigenvalue weighted by Gasteiger charge is -2.31. The third kappa shape index (κ3) is 5.81.